The fourth-order valence-corrected chi connectivity index (χ4v) is 6.39. The van der Waals surface area contributed by atoms with Crippen LogP contribution in [0.5, 0.6) is 0 Å². The number of alkyl halides is 3. The highest BCUT2D eigenvalue weighted by atomic mass is 19.4. The number of nitrogens with zero attached hydrogens (tertiary/aromatic N) is 1. The number of aromatic nitrogens is 1. The monoisotopic (exact) mass is 458 g/mol. The summed E-state index contributed by atoms with van der Waals surface area (Å²) < 4.78 is 44.4. The van der Waals surface area contributed by atoms with Crippen LogP contribution in [0.15, 0.2) is 42.6 Å². The molecule has 174 valence electrons. The van der Waals surface area contributed by atoms with Crippen molar-refractivity contribution in [3.63, 3.8) is 0 Å². The van der Waals surface area contributed by atoms with Crippen LogP contribution >= 0.6 is 0 Å². The van der Waals surface area contributed by atoms with Gasteiger partial charge in [-0.25, -0.2) is 9.78 Å². The van der Waals surface area contributed by atoms with Crippen molar-refractivity contribution < 1.29 is 27.5 Å². The largest absolute Gasteiger partial charge is 0.454 e. The SMILES string of the molecule is O=C(OCC(=O)C12CC3CC(CC(C3)C1)C2)c1cccnc1Nc1cccc(C(F)(F)F)c1. The van der Waals surface area contributed by atoms with Gasteiger partial charge in [-0.3, -0.25) is 4.79 Å². The van der Waals surface area contributed by atoms with E-state index in [0.29, 0.717) is 17.8 Å². The normalized spacial score (nSPS) is 27.9. The molecule has 8 heteroatoms. The number of hydrogen-bond acceptors (Lipinski definition) is 5. The lowest BCUT2D eigenvalue weighted by Gasteiger charge is -2.55. The quantitative estimate of drug-likeness (QED) is 0.556. The van der Waals surface area contributed by atoms with Gasteiger partial charge in [0.2, 0.25) is 0 Å². The number of carbonyl (C=O) groups is 2. The molecule has 1 aromatic heterocycles. The second-order valence-corrected chi connectivity index (χ2v) is 9.80. The van der Waals surface area contributed by atoms with Gasteiger partial charge in [-0.2, -0.15) is 13.2 Å². The van der Waals surface area contributed by atoms with E-state index in [-0.39, 0.29) is 34.9 Å². The molecule has 1 aromatic carbocycles. The standard InChI is InChI=1S/C25H25F3N2O3/c26-25(27,28)18-3-1-4-19(10-18)30-22-20(5-2-6-29-22)23(32)33-14-21(31)24-11-15-7-16(12-24)9-17(8-15)13-24/h1-6,10,15-17H,7-9,11-14H2,(H,29,30). The van der Waals surface area contributed by atoms with Crippen molar-refractivity contribution in [2.75, 3.05) is 11.9 Å². The van der Waals surface area contributed by atoms with E-state index in [1.54, 1.807) is 0 Å². The van der Waals surface area contributed by atoms with Crippen molar-refractivity contribution in [2.45, 2.75) is 44.7 Å². The number of carbonyl (C=O) groups excluding carboxylic acids is 2. The number of pyridine rings is 1. The molecule has 1 heterocycles. The molecule has 6 rings (SSSR count). The number of benzene rings is 1. The summed E-state index contributed by atoms with van der Waals surface area (Å²) in [5.74, 6) is 1.17. The lowest BCUT2D eigenvalue weighted by Crippen LogP contribution is -2.51. The Morgan fingerprint density at radius 3 is 2.33 bits per heavy atom. The van der Waals surface area contributed by atoms with Crippen LogP contribution in [-0.4, -0.2) is 23.3 Å². The molecule has 0 amide bonds. The van der Waals surface area contributed by atoms with Gasteiger partial charge in [0.25, 0.3) is 0 Å². The summed E-state index contributed by atoms with van der Waals surface area (Å²) >= 11 is 0. The van der Waals surface area contributed by atoms with E-state index in [1.165, 1.54) is 49.7 Å². The molecule has 4 fully saturated rings. The number of ether oxygens (including phenoxy) is 1. The lowest BCUT2D eigenvalue weighted by atomic mass is 9.48. The summed E-state index contributed by atoms with van der Waals surface area (Å²) in [5, 5.41) is 2.77. The number of hydrogen-bond donors (Lipinski definition) is 1. The van der Waals surface area contributed by atoms with Crippen molar-refractivity contribution in [3.05, 3.63) is 53.7 Å². The topological polar surface area (TPSA) is 68.3 Å². The van der Waals surface area contributed by atoms with E-state index < -0.39 is 17.7 Å². The van der Waals surface area contributed by atoms with E-state index in [2.05, 4.69) is 10.3 Å². The maximum Gasteiger partial charge on any atom is 0.416 e. The van der Waals surface area contributed by atoms with E-state index in [0.717, 1.165) is 31.4 Å². The van der Waals surface area contributed by atoms with Crippen LogP contribution in [0.2, 0.25) is 0 Å². The second-order valence-electron chi connectivity index (χ2n) is 9.80. The third kappa shape index (κ3) is 4.35. The lowest BCUT2D eigenvalue weighted by molar-refractivity contribution is -0.147. The van der Waals surface area contributed by atoms with E-state index >= 15 is 0 Å². The Bertz CT molecular complexity index is 1050. The maximum atomic E-state index is 13.1. The van der Waals surface area contributed by atoms with Gasteiger partial charge in [0, 0.05) is 17.3 Å². The first kappa shape index (κ1) is 21.9. The highest BCUT2D eigenvalue weighted by molar-refractivity contribution is 5.97. The molecule has 4 aliphatic rings. The van der Waals surface area contributed by atoms with Crippen molar-refractivity contribution in [3.8, 4) is 0 Å². The average Bonchev–Trinajstić information content (AvgIpc) is 2.76. The molecule has 1 N–H and O–H groups in total. The Balaban J connectivity index is 1.27. The number of esters is 1. The van der Waals surface area contributed by atoms with Crippen molar-refractivity contribution in [1.29, 1.82) is 0 Å². The van der Waals surface area contributed by atoms with Gasteiger partial charge >= 0.3 is 12.1 Å². The third-order valence-corrected chi connectivity index (χ3v) is 7.44. The minimum atomic E-state index is -4.48. The molecule has 4 aliphatic carbocycles. The smallest absolute Gasteiger partial charge is 0.416 e. The number of nitrogens with one attached hydrogen (secondary N) is 1. The fourth-order valence-electron chi connectivity index (χ4n) is 6.39. The molecular formula is C25H25F3N2O3. The minimum absolute atomic E-state index is 0.00812. The van der Waals surface area contributed by atoms with Gasteiger partial charge in [-0.1, -0.05) is 6.07 Å². The number of anilines is 2. The highest BCUT2D eigenvalue weighted by Gasteiger charge is 2.54. The Morgan fingerprint density at radius 1 is 1.03 bits per heavy atom. The van der Waals surface area contributed by atoms with Gasteiger partial charge < -0.3 is 10.1 Å². The zero-order valence-corrected chi connectivity index (χ0v) is 18.0. The Kier molecular flexibility index (Phi) is 5.41. The fraction of sp³-hybridized carbons (Fsp3) is 0.480. The average molecular weight is 458 g/mol. The first-order valence-corrected chi connectivity index (χ1v) is 11.3. The van der Waals surface area contributed by atoms with Gasteiger partial charge in [-0.15, -0.1) is 0 Å². The summed E-state index contributed by atoms with van der Waals surface area (Å²) in [4.78, 5) is 30.0. The van der Waals surface area contributed by atoms with E-state index in [4.69, 9.17) is 4.74 Å². The summed E-state index contributed by atoms with van der Waals surface area (Å²) in [6.45, 7) is -0.289. The van der Waals surface area contributed by atoms with Gasteiger partial charge in [0.15, 0.2) is 12.4 Å². The summed E-state index contributed by atoms with van der Waals surface area (Å²) in [6.07, 6.45) is 3.26. The van der Waals surface area contributed by atoms with Crippen LogP contribution in [-0.2, 0) is 15.7 Å². The van der Waals surface area contributed by atoms with Crippen molar-refractivity contribution in [2.24, 2.45) is 23.2 Å². The van der Waals surface area contributed by atoms with Gasteiger partial charge in [-0.05, 0) is 86.6 Å². The van der Waals surface area contributed by atoms with Crippen LogP contribution in [0.3, 0.4) is 0 Å². The summed E-state index contributed by atoms with van der Waals surface area (Å²) in [7, 11) is 0. The molecule has 0 unspecified atom stereocenters. The van der Waals surface area contributed by atoms with Crippen LogP contribution in [0.1, 0.15) is 54.4 Å². The second kappa shape index (κ2) is 8.15. The maximum absolute atomic E-state index is 13.1. The molecule has 0 aliphatic heterocycles. The number of Topliss-reactive ketones (excluding diaryl/α,β-unsaturated/α-hetero) is 1. The van der Waals surface area contributed by atoms with E-state index in [1.807, 2.05) is 0 Å². The van der Waals surface area contributed by atoms with Crippen LogP contribution in [0.4, 0.5) is 24.7 Å². The number of rotatable bonds is 6. The first-order valence-electron chi connectivity index (χ1n) is 11.3. The predicted octanol–water partition coefficient (Wildman–Crippen LogP) is 5.79. The Morgan fingerprint density at radius 2 is 1.70 bits per heavy atom. The molecule has 4 bridgehead atoms. The molecule has 0 radical (unpaired) electrons. The van der Waals surface area contributed by atoms with Crippen molar-refractivity contribution >= 4 is 23.3 Å². The highest BCUT2D eigenvalue weighted by Crippen LogP contribution is 2.60. The summed E-state index contributed by atoms with van der Waals surface area (Å²) in [6, 6.07) is 7.65. The molecule has 5 nitrogen and oxygen atoms in total. The summed E-state index contributed by atoms with van der Waals surface area (Å²) in [5.41, 5.74) is -0.965. The number of ketones is 1. The number of halogens is 3. The van der Waals surface area contributed by atoms with Gasteiger partial charge in [0.1, 0.15) is 11.4 Å². The van der Waals surface area contributed by atoms with Crippen LogP contribution in [0.25, 0.3) is 0 Å². The molecule has 0 spiro atoms. The molecule has 0 atom stereocenters. The zero-order valence-electron chi connectivity index (χ0n) is 18.0. The predicted molar refractivity (Wildman–Crippen MR) is 115 cm³/mol. The zero-order chi connectivity index (χ0) is 23.2. The van der Waals surface area contributed by atoms with E-state index in [9.17, 15) is 22.8 Å². The van der Waals surface area contributed by atoms with Crippen molar-refractivity contribution in [1.82, 2.24) is 4.98 Å². The Hall–Kier alpha value is -2.90. The first-order chi connectivity index (χ1) is 15.7. The Labute approximate surface area is 189 Å². The molecule has 4 saturated carbocycles. The minimum Gasteiger partial charge on any atom is -0.454 e. The molecule has 33 heavy (non-hydrogen) atoms. The molecule has 0 saturated heterocycles. The molecule has 2 aromatic rings. The van der Waals surface area contributed by atoms with Gasteiger partial charge in [0.05, 0.1) is 5.56 Å². The van der Waals surface area contributed by atoms with Crippen LogP contribution in [0, 0.1) is 23.2 Å². The molecular weight excluding hydrogens is 433 g/mol. The van der Waals surface area contributed by atoms with Crippen LogP contribution < -0.4 is 5.32 Å². The third-order valence-electron chi connectivity index (χ3n) is 7.44.